The van der Waals surface area contributed by atoms with Gasteiger partial charge in [0.2, 0.25) is 5.82 Å². The maximum absolute atomic E-state index is 14.7. The van der Waals surface area contributed by atoms with E-state index in [2.05, 4.69) is 6.92 Å². The fourth-order valence-corrected chi connectivity index (χ4v) is 7.10. The monoisotopic (exact) mass is 476 g/mol. The molecule has 2 saturated carbocycles. The average molecular weight is 477 g/mol. The van der Waals surface area contributed by atoms with Crippen molar-refractivity contribution in [3.8, 4) is 5.75 Å². The number of ether oxygens (including phenoxy) is 2. The molecule has 1 heterocycles. The molecule has 1 saturated heterocycles. The molecule has 1 aromatic carbocycles. The lowest BCUT2D eigenvalue weighted by Crippen LogP contribution is -2.37. The van der Waals surface area contributed by atoms with Crippen molar-refractivity contribution in [2.45, 2.75) is 116 Å². The summed E-state index contributed by atoms with van der Waals surface area (Å²) in [4.78, 5) is 0. The Morgan fingerprint density at radius 2 is 1.50 bits per heavy atom. The van der Waals surface area contributed by atoms with E-state index in [1.54, 1.807) is 19.1 Å². The van der Waals surface area contributed by atoms with Crippen LogP contribution in [0.3, 0.4) is 0 Å². The standard InChI is InChI=1S/C30H46F2O2/c1-3-5-6-7-21-8-10-22(11-9-21)25-16-18-27(34-20-25)24-14-12-23(13-15-24)26-17-19-28(33-4-2)30(32)29(26)31/h17,19,21-25,27H,3-16,18,20H2,1-2H3/t21?,22?,23?,24?,25-,27?/m1/s1. The van der Waals surface area contributed by atoms with Crippen molar-refractivity contribution in [1.82, 2.24) is 0 Å². The molecule has 4 heteroatoms. The van der Waals surface area contributed by atoms with E-state index in [0.29, 0.717) is 24.2 Å². The van der Waals surface area contributed by atoms with Gasteiger partial charge in [0.15, 0.2) is 11.6 Å². The zero-order chi connectivity index (χ0) is 23.9. The summed E-state index contributed by atoms with van der Waals surface area (Å²) >= 11 is 0. The number of benzene rings is 1. The second kappa shape index (κ2) is 12.7. The van der Waals surface area contributed by atoms with E-state index in [1.165, 1.54) is 64.2 Å². The minimum atomic E-state index is -0.835. The normalized spacial score (nSPS) is 32.5. The molecule has 1 unspecified atom stereocenters. The molecule has 0 N–H and O–H groups in total. The molecule has 4 rings (SSSR count). The summed E-state index contributed by atoms with van der Waals surface area (Å²) < 4.78 is 40.7. The van der Waals surface area contributed by atoms with Gasteiger partial charge in [-0.2, -0.15) is 4.39 Å². The molecule has 34 heavy (non-hydrogen) atoms. The predicted octanol–water partition coefficient (Wildman–Crippen LogP) is 8.82. The van der Waals surface area contributed by atoms with E-state index >= 15 is 0 Å². The Labute approximate surface area is 206 Å². The van der Waals surface area contributed by atoms with Crippen LogP contribution in [0.1, 0.15) is 115 Å². The molecule has 1 aromatic rings. The number of rotatable bonds is 9. The van der Waals surface area contributed by atoms with Crippen molar-refractivity contribution in [1.29, 1.82) is 0 Å². The predicted molar refractivity (Wildman–Crippen MR) is 134 cm³/mol. The van der Waals surface area contributed by atoms with E-state index < -0.39 is 11.6 Å². The molecule has 2 atom stereocenters. The van der Waals surface area contributed by atoms with Gasteiger partial charge in [0.05, 0.1) is 19.3 Å². The molecule has 0 bridgehead atoms. The summed E-state index contributed by atoms with van der Waals surface area (Å²) in [5.41, 5.74) is 0.523. The van der Waals surface area contributed by atoms with E-state index in [1.807, 2.05) is 0 Å². The number of halogens is 2. The van der Waals surface area contributed by atoms with Crippen molar-refractivity contribution >= 4 is 0 Å². The molecular weight excluding hydrogens is 430 g/mol. The molecule has 1 aliphatic heterocycles. The van der Waals surface area contributed by atoms with Crippen LogP contribution in [-0.2, 0) is 4.74 Å². The van der Waals surface area contributed by atoms with Gasteiger partial charge in [0.25, 0.3) is 0 Å². The lowest BCUT2D eigenvalue weighted by atomic mass is 9.71. The van der Waals surface area contributed by atoms with Crippen LogP contribution in [0.5, 0.6) is 5.75 Å². The molecular formula is C30H46F2O2. The molecule has 2 aliphatic carbocycles. The number of hydrogen-bond donors (Lipinski definition) is 0. The maximum Gasteiger partial charge on any atom is 0.200 e. The first-order valence-corrected chi connectivity index (χ1v) is 14.3. The van der Waals surface area contributed by atoms with Gasteiger partial charge in [-0.25, -0.2) is 4.39 Å². The largest absolute Gasteiger partial charge is 0.491 e. The van der Waals surface area contributed by atoms with Gasteiger partial charge in [-0.15, -0.1) is 0 Å². The van der Waals surface area contributed by atoms with Crippen LogP contribution in [0.25, 0.3) is 0 Å². The zero-order valence-corrected chi connectivity index (χ0v) is 21.5. The molecule has 2 nitrogen and oxygen atoms in total. The molecule has 0 aromatic heterocycles. The Hall–Kier alpha value is -1.16. The van der Waals surface area contributed by atoms with Gasteiger partial charge in [-0.1, -0.05) is 51.5 Å². The van der Waals surface area contributed by atoms with Crippen LogP contribution in [0.15, 0.2) is 12.1 Å². The Bertz CT molecular complexity index is 742. The van der Waals surface area contributed by atoms with Gasteiger partial charge in [0, 0.05) is 0 Å². The van der Waals surface area contributed by atoms with Gasteiger partial charge in [-0.05, 0) is 99.5 Å². The third-order valence-electron chi connectivity index (χ3n) is 9.23. The Morgan fingerprint density at radius 3 is 2.15 bits per heavy atom. The first-order chi connectivity index (χ1) is 16.6. The molecule has 0 spiro atoms. The SMILES string of the molecule is CCCCCC1CCC([C@@H]2CCC(C3CCC(c4ccc(OCC)c(F)c4F)CC3)OC2)CC1. The first-order valence-electron chi connectivity index (χ1n) is 14.3. The summed E-state index contributed by atoms with van der Waals surface area (Å²) in [5.74, 6) is 1.75. The van der Waals surface area contributed by atoms with E-state index in [9.17, 15) is 8.78 Å². The third-order valence-corrected chi connectivity index (χ3v) is 9.23. The van der Waals surface area contributed by atoms with Crippen LogP contribution >= 0.6 is 0 Å². The Morgan fingerprint density at radius 1 is 0.794 bits per heavy atom. The van der Waals surface area contributed by atoms with Crippen molar-refractivity contribution in [3.05, 3.63) is 29.3 Å². The lowest BCUT2D eigenvalue weighted by molar-refractivity contribution is -0.0724. The molecule has 192 valence electrons. The minimum Gasteiger partial charge on any atom is -0.491 e. The topological polar surface area (TPSA) is 18.5 Å². The van der Waals surface area contributed by atoms with Crippen LogP contribution in [0.2, 0.25) is 0 Å². The van der Waals surface area contributed by atoms with E-state index in [0.717, 1.165) is 50.0 Å². The summed E-state index contributed by atoms with van der Waals surface area (Å²) in [6, 6.07) is 3.32. The highest BCUT2D eigenvalue weighted by Gasteiger charge is 2.36. The second-order valence-corrected chi connectivity index (χ2v) is 11.3. The van der Waals surface area contributed by atoms with Gasteiger partial charge in [-0.3, -0.25) is 0 Å². The number of unbranched alkanes of at least 4 members (excludes halogenated alkanes) is 2. The summed E-state index contributed by atoms with van der Waals surface area (Å²) in [6.07, 6.45) is 18.1. The quantitative estimate of drug-likeness (QED) is 0.331. The summed E-state index contributed by atoms with van der Waals surface area (Å²) in [5, 5.41) is 0. The van der Waals surface area contributed by atoms with Gasteiger partial charge in [0.1, 0.15) is 0 Å². The highest BCUT2D eigenvalue weighted by atomic mass is 19.2. The molecule has 3 aliphatic rings. The smallest absolute Gasteiger partial charge is 0.200 e. The first kappa shape index (κ1) is 25.9. The lowest BCUT2D eigenvalue weighted by Gasteiger charge is -2.41. The van der Waals surface area contributed by atoms with Crippen LogP contribution in [0.4, 0.5) is 8.78 Å². The third kappa shape index (κ3) is 6.33. The fourth-order valence-electron chi connectivity index (χ4n) is 7.10. The zero-order valence-electron chi connectivity index (χ0n) is 21.5. The van der Waals surface area contributed by atoms with E-state index in [4.69, 9.17) is 9.47 Å². The Kier molecular flexibility index (Phi) is 9.68. The van der Waals surface area contributed by atoms with Crippen LogP contribution in [-0.4, -0.2) is 19.3 Å². The minimum absolute atomic E-state index is 0.0209. The fraction of sp³-hybridized carbons (Fsp3) is 0.800. The summed E-state index contributed by atoms with van der Waals surface area (Å²) in [7, 11) is 0. The average Bonchev–Trinajstić information content (AvgIpc) is 2.88. The van der Waals surface area contributed by atoms with Gasteiger partial charge >= 0.3 is 0 Å². The highest BCUT2D eigenvalue weighted by Crippen LogP contribution is 2.44. The van der Waals surface area contributed by atoms with Gasteiger partial charge < -0.3 is 9.47 Å². The highest BCUT2D eigenvalue weighted by molar-refractivity contribution is 5.33. The van der Waals surface area contributed by atoms with Crippen molar-refractivity contribution < 1.29 is 18.3 Å². The van der Waals surface area contributed by atoms with Crippen LogP contribution in [0, 0.1) is 35.3 Å². The van der Waals surface area contributed by atoms with Crippen molar-refractivity contribution in [3.63, 3.8) is 0 Å². The second-order valence-electron chi connectivity index (χ2n) is 11.3. The van der Waals surface area contributed by atoms with E-state index in [-0.39, 0.29) is 11.7 Å². The maximum atomic E-state index is 14.7. The molecule has 0 radical (unpaired) electrons. The molecule has 3 fully saturated rings. The molecule has 0 amide bonds. The number of hydrogen-bond acceptors (Lipinski definition) is 2. The van der Waals surface area contributed by atoms with Crippen molar-refractivity contribution in [2.75, 3.05) is 13.2 Å². The van der Waals surface area contributed by atoms with Crippen LogP contribution < -0.4 is 4.74 Å². The Balaban J connectivity index is 1.19. The summed E-state index contributed by atoms with van der Waals surface area (Å²) in [6.45, 7) is 5.35. The van der Waals surface area contributed by atoms with Crippen molar-refractivity contribution in [2.24, 2.45) is 23.7 Å².